The Morgan fingerprint density at radius 1 is 1.45 bits per heavy atom. The van der Waals surface area contributed by atoms with E-state index in [-0.39, 0.29) is 28.7 Å². The zero-order chi connectivity index (χ0) is 14.3. The summed E-state index contributed by atoms with van der Waals surface area (Å²) in [5.41, 5.74) is 0. The van der Waals surface area contributed by atoms with E-state index in [0.717, 1.165) is 24.1 Å². The molecule has 0 aliphatic rings. The van der Waals surface area contributed by atoms with Crippen molar-refractivity contribution in [3.8, 4) is 0 Å². The molecule has 1 aromatic rings. The van der Waals surface area contributed by atoms with Crippen LogP contribution >= 0.6 is 47.1 Å². The first kappa shape index (κ1) is 20.0. The molecule has 4 nitrogen and oxygen atoms in total. The number of aromatic nitrogens is 1. The fourth-order valence-corrected chi connectivity index (χ4v) is 2.28. The zero-order valence-corrected chi connectivity index (χ0v) is 16.8. The minimum atomic E-state index is 0. The number of hydrogen-bond acceptors (Lipinski definition) is 4. The van der Waals surface area contributed by atoms with E-state index < -0.39 is 0 Å². The van der Waals surface area contributed by atoms with Crippen molar-refractivity contribution in [1.82, 2.24) is 15.6 Å². The molecule has 0 saturated heterocycles. The van der Waals surface area contributed by atoms with Crippen LogP contribution in [0.3, 0.4) is 0 Å². The van der Waals surface area contributed by atoms with Crippen LogP contribution in [0.5, 0.6) is 0 Å². The Kier molecular flexibility index (Phi) is 9.82. The largest absolute Gasteiger partial charge is 0.357 e. The average molecular weight is 428 g/mol. The highest BCUT2D eigenvalue weighted by Crippen LogP contribution is 2.19. The normalized spacial score (nSPS) is 11.9. The van der Waals surface area contributed by atoms with Crippen LogP contribution in [0.15, 0.2) is 11.2 Å². The van der Waals surface area contributed by atoms with E-state index >= 15 is 0 Å². The highest BCUT2D eigenvalue weighted by Gasteiger charge is 2.16. The molecule has 0 aromatic carbocycles. The van der Waals surface area contributed by atoms with Crippen LogP contribution < -0.4 is 10.6 Å². The van der Waals surface area contributed by atoms with Gasteiger partial charge in [0.05, 0.1) is 11.6 Å². The van der Waals surface area contributed by atoms with E-state index in [1.54, 1.807) is 11.3 Å². The van der Waals surface area contributed by atoms with Gasteiger partial charge in [-0.25, -0.2) is 9.98 Å². The summed E-state index contributed by atoms with van der Waals surface area (Å²) in [6.07, 6.45) is 4.03. The number of nitrogens with zero attached hydrogens (tertiary/aromatic N) is 2. The SMILES string of the molecule is CCNC(=NCc1cnc(C)s1)NCC(C)(C)SC.I. The van der Waals surface area contributed by atoms with Gasteiger partial charge in [0.25, 0.3) is 0 Å². The van der Waals surface area contributed by atoms with Crippen molar-refractivity contribution in [3.05, 3.63) is 16.1 Å². The molecule has 1 aromatic heterocycles. The van der Waals surface area contributed by atoms with Gasteiger partial charge in [0.1, 0.15) is 0 Å². The molecule has 0 saturated carbocycles. The third kappa shape index (κ3) is 7.68. The minimum absolute atomic E-state index is 0. The van der Waals surface area contributed by atoms with E-state index in [1.807, 2.05) is 24.9 Å². The first-order chi connectivity index (χ1) is 8.96. The third-order valence-corrected chi connectivity index (χ3v) is 4.79. The molecule has 116 valence electrons. The fourth-order valence-electron chi connectivity index (χ4n) is 1.35. The van der Waals surface area contributed by atoms with Crippen molar-refractivity contribution in [1.29, 1.82) is 0 Å². The van der Waals surface area contributed by atoms with Crippen LogP contribution in [-0.2, 0) is 6.54 Å². The van der Waals surface area contributed by atoms with Crippen LogP contribution in [0, 0.1) is 6.92 Å². The van der Waals surface area contributed by atoms with E-state index in [4.69, 9.17) is 0 Å². The van der Waals surface area contributed by atoms with Gasteiger partial charge in [0.2, 0.25) is 0 Å². The number of nitrogens with one attached hydrogen (secondary N) is 2. The smallest absolute Gasteiger partial charge is 0.191 e. The number of halogens is 1. The van der Waals surface area contributed by atoms with Gasteiger partial charge >= 0.3 is 0 Å². The first-order valence-electron chi connectivity index (χ1n) is 6.45. The van der Waals surface area contributed by atoms with Gasteiger partial charge in [0, 0.05) is 28.9 Å². The molecule has 0 bridgehead atoms. The maximum Gasteiger partial charge on any atom is 0.191 e. The summed E-state index contributed by atoms with van der Waals surface area (Å²) in [5, 5.41) is 7.75. The summed E-state index contributed by atoms with van der Waals surface area (Å²) >= 11 is 3.55. The van der Waals surface area contributed by atoms with E-state index in [9.17, 15) is 0 Å². The lowest BCUT2D eigenvalue weighted by molar-refractivity contribution is 0.665. The molecular weight excluding hydrogens is 403 g/mol. The highest BCUT2D eigenvalue weighted by molar-refractivity contribution is 14.0. The van der Waals surface area contributed by atoms with Crippen LogP contribution in [0.1, 0.15) is 30.7 Å². The van der Waals surface area contributed by atoms with Gasteiger partial charge in [-0.15, -0.1) is 35.3 Å². The number of aliphatic imine (C=N–C) groups is 1. The van der Waals surface area contributed by atoms with E-state index in [1.165, 1.54) is 4.88 Å². The summed E-state index contributed by atoms with van der Waals surface area (Å²) in [7, 11) is 0. The standard InChI is InChI=1S/C13H24N4S2.HI/c1-6-14-12(17-9-13(3,4)18-5)16-8-11-7-15-10(2)19-11;/h7H,6,8-9H2,1-5H3,(H2,14,16,17);1H. The lowest BCUT2D eigenvalue weighted by Gasteiger charge is -2.23. The second-order valence-electron chi connectivity index (χ2n) is 4.86. The second-order valence-corrected chi connectivity index (χ2v) is 7.69. The molecule has 0 aliphatic carbocycles. The van der Waals surface area contributed by atoms with Crippen molar-refractivity contribution in [2.75, 3.05) is 19.3 Å². The van der Waals surface area contributed by atoms with E-state index in [2.05, 4.69) is 47.6 Å². The van der Waals surface area contributed by atoms with Crippen LogP contribution in [0.2, 0.25) is 0 Å². The lowest BCUT2D eigenvalue weighted by atomic mass is 10.2. The molecule has 0 atom stereocenters. The van der Waals surface area contributed by atoms with Crippen molar-refractivity contribution in [2.24, 2.45) is 4.99 Å². The Hall–Kier alpha value is -0.0200. The Balaban J connectivity index is 0.00000361. The Bertz CT molecular complexity index is 418. The van der Waals surface area contributed by atoms with Crippen LogP contribution in [-0.4, -0.2) is 35.0 Å². The summed E-state index contributed by atoms with van der Waals surface area (Å²) in [6.45, 7) is 11.0. The van der Waals surface area contributed by atoms with Gasteiger partial charge in [-0.1, -0.05) is 0 Å². The molecule has 0 aliphatic heterocycles. The molecule has 0 radical (unpaired) electrons. The Morgan fingerprint density at radius 2 is 2.15 bits per heavy atom. The van der Waals surface area contributed by atoms with Gasteiger partial charge in [-0.05, 0) is 34.0 Å². The summed E-state index contributed by atoms with van der Waals surface area (Å²) in [6, 6.07) is 0. The maximum atomic E-state index is 4.59. The molecule has 0 unspecified atom stereocenters. The third-order valence-electron chi connectivity index (χ3n) is 2.64. The predicted molar refractivity (Wildman–Crippen MR) is 103 cm³/mol. The van der Waals surface area contributed by atoms with Crippen molar-refractivity contribution in [2.45, 2.75) is 39.0 Å². The van der Waals surface area contributed by atoms with Crippen LogP contribution in [0.4, 0.5) is 0 Å². The topological polar surface area (TPSA) is 49.3 Å². The first-order valence-corrected chi connectivity index (χ1v) is 8.49. The quantitative estimate of drug-likeness (QED) is 0.415. The van der Waals surface area contributed by atoms with Crippen LogP contribution in [0.25, 0.3) is 0 Å². The molecule has 2 N–H and O–H groups in total. The zero-order valence-electron chi connectivity index (χ0n) is 12.8. The van der Waals surface area contributed by atoms with Crippen molar-refractivity contribution >= 4 is 53.0 Å². The number of thiazole rings is 1. The molecule has 0 amide bonds. The molecule has 1 heterocycles. The Labute approximate surface area is 147 Å². The number of aryl methyl sites for hydroxylation is 1. The number of thioether (sulfide) groups is 1. The van der Waals surface area contributed by atoms with Crippen molar-refractivity contribution < 1.29 is 0 Å². The Morgan fingerprint density at radius 3 is 2.65 bits per heavy atom. The summed E-state index contributed by atoms with van der Waals surface area (Å²) < 4.78 is 0.206. The molecule has 20 heavy (non-hydrogen) atoms. The second kappa shape index (κ2) is 9.83. The molecule has 0 fully saturated rings. The maximum absolute atomic E-state index is 4.59. The molecule has 1 rings (SSSR count). The van der Waals surface area contributed by atoms with E-state index in [0.29, 0.717) is 6.54 Å². The average Bonchev–Trinajstić information content (AvgIpc) is 2.79. The predicted octanol–water partition coefficient (Wildman–Crippen LogP) is 3.27. The highest BCUT2D eigenvalue weighted by atomic mass is 127. The van der Waals surface area contributed by atoms with Gasteiger partial charge in [-0.3, -0.25) is 0 Å². The number of rotatable bonds is 6. The van der Waals surface area contributed by atoms with Gasteiger partial charge in [-0.2, -0.15) is 11.8 Å². The monoisotopic (exact) mass is 428 g/mol. The fraction of sp³-hybridized carbons (Fsp3) is 0.692. The number of guanidine groups is 1. The number of hydrogen-bond donors (Lipinski definition) is 2. The van der Waals surface area contributed by atoms with Gasteiger partial charge in [0.15, 0.2) is 5.96 Å². The molecule has 7 heteroatoms. The summed E-state index contributed by atoms with van der Waals surface area (Å²) in [4.78, 5) is 10.0. The molecule has 0 spiro atoms. The molecular formula is C13H25IN4S2. The summed E-state index contributed by atoms with van der Waals surface area (Å²) in [5.74, 6) is 0.871. The van der Waals surface area contributed by atoms with Gasteiger partial charge < -0.3 is 10.6 Å². The van der Waals surface area contributed by atoms with Crippen molar-refractivity contribution in [3.63, 3.8) is 0 Å². The lowest BCUT2D eigenvalue weighted by Crippen LogP contribution is -2.43. The minimum Gasteiger partial charge on any atom is -0.357 e.